The number of nitrogens with one attached hydrogen (secondary N) is 3. The lowest BCUT2D eigenvalue weighted by molar-refractivity contribution is -0.128. The van der Waals surface area contributed by atoms with Gasteiger partial charge in [-0.3, -0.25) is 9.79 Å². The van der Waals surface area contributed by atoms with Crippen LogP contribution in [0.3, 0.4) is 0 Å². The van der Waals surface area contributed by atoms with Gasteiger partial charge in [-0.25, -0.2) is 0 Å². The molecule has 1 aromatic carbocycles. The second-order valence-corrected chi connectivity index (χ2v) is 8.47. The van der Waals surface area contributed by atoms with Crippen LogP contribution < -0.4 is 16.0 Å². The summed E-state index contributed by atoms with van der Waals surface area (Å²) >= 11 is 1.59. The van der Waals surface area contributed by atoms with Gasteiger partial charge in [-0.2, -0.15) is 0 Å². The van der Waals surface area contributed by atoms with E-state index in [1.807, 2.05) is 52.0 Å². The lowest BCUT2D eigenvalue weighted by Gasteiger charge is -2.18. The van der Waals surface area contributed by atoms with Gasteiger partial charge in [0.05, 0.1) is 6.54 Å². The van der Waals surface area contributed by atoms with Crippen LogP contribution >= 0.6 is 11.3 Å². The van der Waals surface area contributed by atoms with Crippen molar-refractivity contribution >= 4 is 33.3 Å². The van der Waals surface area contributed by atoms with Crippen molar-refractivity contribution in [3.63, 3.8) is 0 Å². The summed E-state index contributed by atoms with van der Waals surface area (Å²) in [5, 5.41) is 20.8. The molecule has 2 rings (SSSR count). The third-order valence-corrected chi connectivity index (χ3v) is 5.14. The summed E-state index contributed by atoms with van der Waals surface area (Å²) in [5.41, 5.74) is -0.396. The zero-order valence-corrected chi connectivity index (χ0v) is 17.3. The zero-order chi connectivity index (χ0) is 19.9. The maximum atomic E-state index is 11.9. The van der Waals surface area contributed by atoms with Gasteiger partial charge in [-0.15, -0.1) is 11.3 Å². The number of nitrogens with zero attached hydrogens (tertiary/aromatic N) is 1. The molecular weight excluding hydrogens is 360 g/mol. The van der Waals surface area contributed by atoms with Crippen LogP contribution in [-0.2, 0) is 4.79 Å². The molecule has 1 unspecified atom stereocenters. The number of rotatable bonds is 7. The molecule has 1 aromatic heterocycles. The number of carbonyl (C=O) groups is 1. The summed E-state index contributed by atoms with van der Waals surface area (Å²) in [4.78, 5) is 17.2. The molecule has 1 amide bonds. The average Bonchev–Trinajstić information content (AvgIpc) is 3.06. The molecule has 0 fully saturated rings. The molecule has 6 nitrogen and oxygen atoms in total. The van der Waals surface area contributed by atoms with Crippen LogP contribution in [0.25, 0.3) is 10.1 Å². The first-order valence-corrected chi connectivity index (χ1v) is 10.1. The Morgan fingerprint density at radius 3 is 2.56 bits per heavy atom. The maximum Gasteiger partial charge on any atom is 0.225 e. The topological polar surface area (TPSA) is 85.8 Å². The lowest BCUT2D eigenvalue weighted by Crippen LogP contribution is -2.43. The van der Waals surface area contributed by atoms with Crippen molar-refractivity contribution < 1.29 is 9.90 Å². The van der Waals surface area contributed by atoms with Crippen molar-refractivity contribution in [3.05, 3.63) is 35.2 Å². The summed E-state index contributed by atoms with van der Waals surface area (Å²) in [6.07, 6.45) is -0.640. The van der Waals surface area contributed by atoms with Crippen LogP contribution in [-0.4, -0.2) is 43.2 Å². The first kappa shape index (κ1) is 21.2. The SMILES string of the molecule is CCNC(=NCC(O)c1cc2ccccc2s1)NCCNC(=O)C(C)(C)C. The third-order valence-electron chi connectivity index (χ3n) is 3.92. The van der Waals surface area contributed by atoms with Gasteiger partial charge in [-0.1, -0.05) is 39.0 Å². The summed E-state index contributed by atoms with van der Waals surface area (Å²) in [6.45, 7) is 9.72. The Morgan fingerprint density at radius 2 is 1.89 bits per heavy atom. The van der Waals surface area contributed by atoms with E-state index in [9.17, 15) is 9.90 Å². The summed E-state index contributed by atoms with van der Waals surface area (Å²) in [7, 11) is 0. The second-order valence-electron chi connectivity index (χ2n) is 7.35. The Kier molecular flexibility index (Phi) is 7.62. The van der Waals surface area contributed by atoms with Crippen molar-refractivity contribution in [1.29, 1.82) is 0 Å². The number of guanidine groups is 1. The number of aliphatic hydroxyl groups excluding tert-OH is 1. The molecule has 2 aromatic rings. The number of amides is 1. The molecule has 4 N–H and O–H groups in total. The van der Waals surface area contributed by atoms with Crippen LogP contribution in [0.4, 0.5) is 0 Å². The fourth-order valence-electron chi connectivity index (χ4n) is 2.40. The molecule has 0 aliphatic carbocycles. The number of hydrogen-bond acceptors (Lipinski definition) is 4. The Hall–Kier alpha value is -2.12. The molecule has 148 valence electrons. The molecule has 0 bridgehead atoms. The van der Waals surface area contributed by atoms with Gasteiger partial charge in [0.15, 0.2) is 5.96 Å². The monoisotopic (exact) mass is 390 g/mol. The summed E-state index contributed by atoms with van der Waals surface area (Å²) < 4.78 is 1.16. The van der Waals surface area contributed by atoms with E-state index in [1.165, 1.54) is 0 Å². The average molecular weight is 391 g/mol. The highest BCUT2D eigenvalue weighted by atomic mass is 32.1. The van der Waals surface area contributed by atoms with E-state index in [2.05, 4.69) is 27.0 Å². The molecule has 0 aliphatic rings. The van der Waals surface area contributed by atoms with Gasteiger partial charge >= 0.3 is 0 Å². The number of aliphatic imine (C=N–C) groups is 1. The van der Waals surface area contributed by atoms with Crippen LogP contribution in [0.2, 0.25) is 0 Å². The molecule has 27 heavy (non-hydrogen) atoms. The highest BCUT2D eigenvalue weighted by Crippen LogP contribution is 2.29. The normalized spacial score (nSPS) is 13.4. The highest BCUT2D eigenvalue weighted by molar-refractivity contribution is 7.19. The van der Waals surface area contributed by atoms with Gasteiger partial charge in [0.25, 0.3) is 0 Å². The number of hydrogen-bond donors (Lipinski definition) is 4. The Bertz CT molecular complexity index is 747. The quantitative estimate of drug-likeness (QED) is 0.333. The van der Waals surface area contributed by atoms with Gasteiger partial charge in [0, 0.05) is 34.6 Å². The number of fused-ring (bicyclic) bond motifs is 1. The fraction of sp³-hybridized carbons (Fsp3) is 0.500. The van der Waals surface area contributed by atoms with E-state index < -0.39 is 11.5 Å². The van der Waals surface area contributed by atoms with Crippen LogP contribution in [0.15, 0.2) is 35.3 Å². The minimum atomic E-state index is -0.640. The van der Waals surface area contributed by atoms with Gasteiger partial charge in [0.2, 0.25) is 5.91 Å². The molecular formula is C20H30N4O2S. The molecule has 1 atom stereocenters. The van der Waals surface area contributed by atoms with E-state index >= 15 is 0 Å². The number of thiophene rings is 1. The maximum absolute atomic E-state index is 11.9. The smallest absolute Gasteiger partial charge is 0.225 e. The van der Waals surface area contributed by atoms with Crippen molar-refractivity contribution in [2.45, 2.75) is 33.8 Å². The molecule has 0 spiro atoms. The van der Waals surface area contributed by atoms with Gasteiger partial charge in [-0.05, 0) is 24.4 Å². The summed E-state index contributed by atoms with van der Waals surface area (Å²) in [5.74, 6) is 0.647. The Labute approximate surface area is 165 Å². The minimum absolute atomic E-state index is 0.0198. The standard InChI is InChI=1S/C20H30N4O2S/c1-5-21-19(23-11-10-22-18(26)20(2,3)4)24-13-15(25)17-12-14-8-6-7-9-16(14)27-17/h6-9,12,15,25H,5,10-11,13H2,1-4H3,(H,22,26)(H2,21,23,24). The largest absolute Gasteiger partial charge is 0.386 e. The van der Waals surface area contributed by atoms with Crippen molar-refractivity contribution in [1.82, 2.24) is 16.0 Å². The first-order valence-electron chi connectivity index (χ1n) is 9.28. The molecule has 0 saturated carbocycles. The van der Waals surface area contributed by atoms with Gasteiger partial charge < -0.3 is 21.1 Å². The Morgan fingerprint density at radius 1 is 1.19 bits per heavy atom. The molecule has 0 radical (unpaired) electrons. The van der Waals surface area contributed by atoms with Crippen LogP contribution in [0, 0.1) is 5.41 Å². The molecule has 0 aliphatic heterocycles. The van der Waals surface area contributed by atoms with Crippen LogP contribution in [0.5, 0.6) is 0 Å². The van der Waals surface area contributed by atoms with E-state index in [-0.39, 0.29) is 12.5 Å². The molecule has 7 heteroatoms. The molecule has 0 saturated heterocycles. The minimum Gasteiger partial charge on any atom is -0.386 e. The lowest BCUT2D eigenvalue weighted by atomic mass is 9.96. The second kappa shape index (κ2) is 9.71. The van der Waals surface area contributed by atoms with E-state index in [0.717, 1.165) is 21.5 Å². The fourth-order valence-corrected chi connectivity index (χ4v) is 3.44. The zero-order valence-electron chi connectivity index (χ0n) is 16.5. The predicted molar refractivity (Wildman–Crippen MR) is 113 cm³/mol. The van der Waals surface area contributed by atoms with E-state index in [4.69, 9.17) is 0 Å². The first-order chi connectivity index (χ1) is 12.8. The van der Waals surface area contributed by atoms with Gasteiger partial charge in [0.1, 0.15) is 6.10 Å². The van der Waals surface area contributed by atoms with Crippen LogP contribution in [0.1, 0.15) is 38.7 Å². The number of aliphatic hydroxyl groups is 1. The van der Waals surface area contributed by atoms with Crippen molar-refractivity contribution in [3.8, 4) is 0 Å². The summed E-state index contributed by atoms with van der Waals surface area (Å²) in [6, 6.07) is 10.1. The van der Waals surface area contributed by atoms with Crippen molar-refractivity contribution in [2.75, 3.05) is 26.2 Å². The van der Waals surface area contributed by atoms with E-state index in [0.29, 0.717) is 19.0 Å². The molecule has 1 heterocycles. The Balaban J connectivity index is 1.87. The highest BCUT2D eigenvalue weighted by Gasteiger charge is 2.20. The van der Waals surface area contributed by atoms with Crippen molar-refractivity contribution in [2.24, 2.45) is 10.4 Å². The number of carbonyl (C=O) groups excluding carboxylic acids is 1. The predicted octanol–water partition coefficient (Wildman–Crippen LogP) is 2.65. The third kappa shape index (κ3) is 6.52. The number of benzene rings is 1. The van der Waals surface area contributed by atoms with E-state index in [1.54, 1.807) is 11.3 Å².